The molecule has 0 spiro atoms. The summed E-state index contributed by atoms with van der Waals surface area (Å²) in [6.07, 6.45) is 5.02. The number of hydrogen-bond acceptors (Lipinski definition) is 5. The lowest BCUT2D eigenvalue weighted by Gasteiger charge is -2.31. The third kappa shape index (κ3) is 4.72. The van der Waals surface area contributed by atoms with Crippen molar-refractivity contribution >= 4 is 11.6 Å². The first-order valence-corrected chi connectivity index (χ1v) is 9.79. The van der Waals surface area contributed by atoms with E-state index in [1.165, 1.54) is 6.07 Å². The molecule has 1 aliphatic rings. The molecule has 28 heavy (non-hydrogen) atoms. The Labute approximate surface area is 164 Å². The molecule has 1 N–H and O–H groups in total. The van der Waals surface area contributed by atoms with Crippen LogP contribution in [0, 0.1) is 10.1 Å². The third-order valence-corrected chi connectivity index (χ3v) is 5.22. The summed E-state index contributed by atoms with van der Waals surface area (Å²) in [5, 5.41) is 14.8. The predicted octanol–water partition coefficient (Wildman–Crippen LogP) is 3.34. The molecule has 1 aromatic heterocycles. The summed E-state index contributed by atoms with van der Waals surface area (Å²) in [7, 11) is 0. The second-order valence-corrected chi connectivity index (χ2v) is 7.04. The summed E-state index contributed by atoms with van der Waals surface area (Å²) >= 11 is 0. The lowest BCUT2D eigenvalue weighted by atomic mass is 10.0. The van der Waals surface area contributed by atoms with Crippen molar-refractivity contribution in [3.63, 3.8) is 0 Å². The Kier molecular flexibility index (Phi) is 6.71. The van der Waals surface area contributed by atoms with Gasteiger partial charge in [0, 0.05) is 29.4 Å². The fraction of sp³-hybridized carbons (Fsp3) is 0.429. The molecule has 0 aliphatic carbocycles. The van der Waals surface area contributed by atoms with Crippen LogP contribution < -0.4 is 5.32 Å². The fourth-order valence-electron chi connectivity index (χ4n) is 3.68. The zero-order valence-electron chi connectivity index (χ0n) is 16.1. The number of pyridine rings is 1. The average molecular weight is 382 g/mol. The summed E-state index contributed by atoms with van der Waals surface area (Å²) in [5.74, 6) is -0.177. The molecule has 7 heteroatoms. The number of carbonyl (C=O) groups excluding carboxylic acids is 1. The number of carbonyl (C=O) groups is 1. The molecular formula is C21H26N4O3. The van der Waals surface area contributed by atoms with Crippen molar-refractivity contribution in [1.82, 2.24) is 15.2 Å². The zero-order chi connectivity index (χ0) is 19.9. The fourth-order valence-corrected chi connectivity index (χ4v) is 3.68. The quantitative estimate of drug-likeness (QED) is 0.611. The molecule has 1 atom stereocenters. The van der Waals surface area contributed by atoms with E-state index in [1.807, 2.05) is 30.0 Å². The summed E-state index contributed by atoms with van der Waals surface area (Å²) in [6.45, 7) is 4.06. The Balaban J connectivity index is 1.93. The smallest absolute Gasteiger partial charge is 0.273 e. The van der Waals surface area contributed by atoms with Crippen LogP contribution in [-0.2, 0) is 13.0 Å². The lowest BCUT2D eigenvalue weighted by molar-refractivity contribution is -0.385. The van der Waals surface area contributed by atoms with Crippen LogP contribution in [0.15, 0.2) is 42.6 Å². The van der Waals surface area contributed by atoms with Gasteiger partial charge in [0.05, 0.1) is 17.2 Å². The lowest BCUT2D eigenvalue weighted by Crippen LogP contribution is -2.40. The van der Waals surface area contributed by atoms with Gasteiger partial charge in [-0.15, -0.1) is 0 Å². The Morgan fingerprint density at radius 2 is 2.14 bits per heavy atom. The molecule has 3 rings (SSSR count). The average Bonchev–Trinajstić information content (AvgIpc) is 3.01. The van der Waals surface area contributed by atoms with Gasteiger partial charge in [-0.2, -0.15) is 0 Å². The highest BCUT2D eigenvalue weighted by molar-refractivity contribution is 5.95. The maximum atomic E-state index is 13.4. The summed E-state index contributed by atoms with van der Waals surface area (Å²) in [6, 6.07) is 10.5. The molecule has 1 fully saturated rings. The first-order valence-electron chi connectivity index (χ1n) is 9.79. The summed E-state index contributed by atoms with van der Waals surface area (Å²) in [5.41, 5.74) is 1.81. The molecule has 0 radical (unpaired) electrons. The minimum Gasteiger partial charge on any atom is -0.330 e. The Morgan fingerprint density at radius 1 is 1.29 bits per heavy atom. The maximum absolute atomic E-state index is 13.4. The number of nitro benzene ring substituents is 1. The summed E-state index contributed by atoms with van der Waals surface area (Å²) < 4.78 is 0. The summed E-state index contributed by atoms with van der Waals surface area (Å²) in [4.78, 5) is 30.6. The number of hydrogen-bond donors (Lipinski definition) is 1. The number of benzene rings is 1. The highest BCUT2D eigenvalue weighted by Crippen LogP contribution is 2.24. The van der Waals surface area contributed by atoms with Gasteiger partial charge in [-0.3, -0.25) is 19.9 Å². The Hall–Kier alpha value is -2.80. The first-order chi connectivity index (χ1) is 13.6. The number of amides is 1. The van der Waals surface area contributed by atoms with Crippen molar-refractivity contribution in [3.05, 3.63) is 69.5 Å². The normalized spacial score (nSPS) is 17.0. The van der Waals surface area contributed by atoms with Gasteiger partial charge >= 0.3 is 0 Å². The van der Waals surface area contributed by atoms with Crippen molar-refractivity contribution < 1.29 is 9.72 Å². The van der Waals surface area contributed by atoms with Gasteiger partial charge in [-0.1, -0.05) is 19.1 Å². The van der Waals surface area contributed by atoms with Crippen LogP contribution in [0.5, 0.6) is 0 Å². The second kappa shape index (κ2) is 9.41. The third-order valence-electron chi connectivity index (χ3n) is 5.22. The highest BCUT2D eigenvalue weighted by Gasteiger charge is 2.27. The molecule has 1 aliphatic heterocycles. The van der Waals surface area contributed by atoms with Crippen LogP contribution in [0.25, 0.3) is 0 Å². The Morgan fingerprint density at radius 3 is 2.86 bits per heavy atom. The van der Waals surface area contributed by atoms with Gasteiger partial charge in [0.1, 0.15) is 0 Å². The minimum absolute atomic E-state index is 0.00803. The molecule has 1 saturated heterocycles. The number of nitrogens with one attached hydrogen (secondary N) is 1. The van der Waals surface area contributed by atoms with E-state index >= 15 is 0 Å². The Bertz CT molecular complexity index is 818. The second-order valence-electron chi connectivity index (χ2n) is 7.04. The van der Waals surface area contributed by atoms with Gasteiger partial charge in [-0.05, 0) is 57.0 Å². The van der Waals surface area contributed by atoms with Crippen LogP contribution in [0.3, 0.4) is 0 Å². The number of nitro groups is 1. The zero-order valence-corrected chi connectivity index (χ0v) is 16.1. The molecule has 148 valence electrons. The van der Waals surface area contributed by atoms with E-state index < -0.39 is 4.92 Å². The van der Waals surface area contributed by atoms with E-state index in [9.17, 15) is 14.9 Å². The topological polar surface area (TPSA) is 88.4 Å². The predicted molar refractivity (Wildman–Crippen MR) is 107 cm³/mol. The standard InChI is InChI=1S/C21H26N4O3/c1-2-16-8-9-17(14-20(16)25(27)28)21(26)24(15-18-6-3-4-12-23-18)19-7-5-11-22-13-10-19/h3-4,6,8-9,12,14,19,22H,2,5,7,10-11,13,15H2,1H3. The molecule has 1 amide bonds. The number of rotatable bonds is 6. The molecular weight excluding hydrogens is 356 g/mol. The molecule has 0 bridgehead atoms. The van der Waals surface area contributed by atoms with Gasteiger partial charge in [0.25, 0.3) is 11.6 Å². The van der Waals surface area contributed by atoms with Crippen LogP contribution in [0.1, 0.15) is 47.8 Å². The van der Waals surface area contributed by atoms with Crippen LogP contribution >= 0.6 is 0 Å². The van der Waals surface area contributed by atoms with Gasteiger partial charge < -0.3 is 10.2 Å². The first kappa shape index (κ1) is 19.9. The van der Waals surface area contributed by atoms with E-state index in [1.54, 1.807) is 18.3 Å². The van der Waals surface area contributed by atoms with E-state index in [0.29, 0.717) is 24.1 Å². The van der Waals surface area contributed by atoms with Gasteiger partial charge in [-0.25, -0.2) is 0 Å². The highest BCUT2D eigenvalue weighted by atomic mass is 16.6. The molecule has 2 aromatic rings. The van der Waals surface area contributed by atoms with Crippen molar-refractivity contribution in [1.29, 1.82) is 0 Å². The van der Waals surface area contributed by atoms with Crippen molar-refractivity contribution in [2.75, 3.05) is 13.1 Å². The SMILES string of the molecule is CCc1ccc(C(=O)N(Cc2ccccn2)C2CCCNCC2)cc1[N+](=O)[O-]. The van der Waals surface area contributed by atoms with Crippen molar-refractivity contribution in [2.45, 2.75) is 45.2 Å². The van der Waals surface area contributed by atoms with E-state index in [-0.39, 0.29) is 17.6 Å². The molecule has 0 saturated carbocycles. The number of aryl methyl sites for hydroxylation is 1. The number of nitrogens with zero attached hydrogens (tertiary/aromatic N) is 3. The van der Waals surface area contributed by atoms with Crippen molar-refractivity contribution in [3.8, 4) is 0 Å². The van der Waals surface area contributed by atoms with Crippen LogP contribution in [0.2, 0.25) is 0 Å². The minimum atomic E-state index is -0.408. The van der Waals surface area contributed by atoms with E-state index in [4.69, 9.17) is 0 Å². The van der Waals surface area contributed by atoms with E-state index in [0.717, 1.165) is 38.0 Å². The number of aromatic nitrogens is 1. The van der Waals surface area contributed by atoms with Gasteiger partial charge in [0.15, 0.2) is 0 Å². The van der Waals surface area contributed by atoms with Crippen LogP contribution in [-0.4, -0.2) is 39.8 Å². The molecule has 1 aromatic carbocycles. The van der Waals surface area contributed by atoms with Crippen LogP contribution in [0.4, 0.5) is 5.69 Å². The molecule has 2 heterocycles. The van der Waals surface area contributed by atoms with Gasteiger partial charge in [0.2, 0.25) is 0 Å². The molecule has 7 nitrogen and oxygen atoms in total. The van der Waals surface area contributed by atoms with Crippen molar-refractivity contribution in [2.24, 2.45) is 0 Å². The largest absolute Gasteiger partial charge is 0.330 e. The maximum Gasteiger partial charge on any atom is 0.273 e. The molecule has 1 unspecified atom stereocenters. The monoisotopic (exact) mass is 382 g/mol. The van der Waals surface area contributed by atoms with E-state index in [2.05, 4.69) is 10.3 Å².